The molecule has 0 aromatic heterocycles. The summed E-state index contributed by atoms with van der Waals surface area (Å²) in [5, 5.41) is 0. The summed E-state index contributed by atoms with van der Waals surface area (Å²) in [5.74, 6) is 0.918. The van der Waals surface area contributed by atoms with Crippen LogP contribution in [0, 0.1) is 5.92 Å². The molecule has 3 heteroatoms. The zero-order chi connectivity index (χ0) is 7.23. The Morgan fingerprint density at radius 3 is 2.91 bits per heavy atom. The van der Waals surface area contributed by atoms with Crippen LogP contribution in [-0.4, -0.2) is 16.4 Å². The van der Waals surface area contributed by atoms with Crippen LogP contribution in [0.5, 0.6) is 0 Å². The minimum Gasteiger partial charge on any atom is -0.424 e. The molecule has 0 aromatic carbocycles. The van der Waals surface area contributed by atoms with E-state index in [0.717, 1.165) is 12.5 Å². The van der Waals surface area contributed by atoms with Gasteiger partial charge in [0.25, 0.3) is 0 Å². The summed E-state index contributed by atoms with van der Waals surface area (Å²) in [6, 6.07) is 1.42. The Balaban J connectivity index is 0.000001000. The van der Waals surface area contributed by atoms with Crippen LogP contribution in [0.4, 0.5) is 0 Å². The molecule has 1 aliphatic rings. The van der Waals surface area contributed by atoms with Crippen LogP contribution in [-0.2, 0) is 4.43 Å². The largest absolute Gasteiger partial charge is 0.424 e. The third-order valence-corrected chi connectivity index (χ3v) is 3.44. The van der Waals surface area contributed by atoms with Gasteiger partial charge in [-0.2, -0.15) is 0 Å². The molecule has 2 nitrogen and oxygen atoms in total. The maximum atomic E-state index is 5.52. The van der Waals surface area contributed by atoms with Crippen LogP contribution >= 0.6 is 0 Å². The lowest BCUT2D eigenvalue weighted by atomic mass is 10.0. The highest BCUT2D eigenvalue weighted by Gasteiger charge is 2.12. The third-order valence-electron chi connectivity index (χ3n) is 2.22. The van der Waals surface area contributed by atoms with E-state index < -0.39 is 0 Å². The van der Waals surface area contributed by atoms with Gasteiger partial charge in [0.15, 0.2) is 9.76 Å². The van der Waals surface area contributed by atoms with Gasteiger partial charge in [0.05, 0.1) is 0 Å². The Labute approximate surface area is 72.2 Å². The first-order valence-corrected chi connectivity index (χ1v) is 6.09. The Bertz CT molecular complexity index is 84.2. The zero-order valence-corrected chi connectivity index (χ0v) is 9.06. The van der Waals surface area contributed by atoms with Crippen molar-refractivity contribution >= 4 is 9.76 Å². The minimum atomic E-state index is -0.0466. The zero-order valence-electron chi connectivity index (χ0n) is 7.64. The number of hydrogen-bond donors (Lipinski definition) is 1. The second kappa shape index (κ2) is 6.82. The Kier molecular flexibility index (Phi) is 6.91. The van der Waals surface area contributed by atoms with E-state index in [2.05, 4.69) is 6.92 Å². The first kappa shape index (κ1) is 11.1. The molecule has 1 fully saturated rings. The summed E-state index contributed by atoms with van der Waals surface area (Å²) in [7, 11) is -0.0466. The topological polar surface area (TPSA) is 44.2 Å². The highest BCUT2D eigenvalue weighted by Crippen LogP contribution is 2.18. The normalized spacial score (nSPS) is 26.5. The van der Waals surface area contributed by atoms with Gasteiger partial charge < -0.3 is 10.6 Å². The van der Waals surface area contributed by atoms with E-state index in [4.69, 9.17) is 4.43 Å². The van der Waals surface area contributed by atoms with E-state index in [1.54, 1.807) is 0 Å². The Morgan fingerprint density at radius 2 is 2.36 bits per heavy atom. The summed E-state index contributed by atoms with van der Waals surface area (Å²) in [6.07, 6.45) is 5.61. The molecule has 0 amide bonds. The van der Waals surface area contributed by atoms with E-state index in [1.165, 1.54) is 31.7 Å². The second-order valence-corrected chi connectivity index (χ2v) is 4.75. The Hall–Kier alpha value is 0.137. The van der Waals surface area contributed by atoms with Crippen molar-refractivity contribution < 1.29 is 4.43 Å². The third kappa shape index (κ3) is 4.56. The van der Waals surface area contributed by atoms with Crippen LogP contribution in [0.1, 0.15) is 32.6 Å². The van der Waals surface area contributed by atoms with Gasteiger partial charge in [-0.1, -0.05) is 19.8 Å². The van der Waals surface area contributed by atoms with E-state index in [-0.39, 0.29) is 15.9 Å². The molecule has 1 aliphatic heterocycles. The van der Waals surface area contributed by atoms with Gasteiger partial charge in [-0.3, -0.25) is 0 Å². The highest BCUT2D eigenvalue weighted by molar-refractivity contribution is 6.27. The molecule has 0 saturated carbocycles. The molecule has 0 spiro atoms. The lowest BCUT2D eigenvalue weighted by Crippen LogP contribution is -2.18. The fraction of sp³-hybridized carbons (Fsp3) is 1.00. The monoisotopic (exact) mass is 175 g/mol. The lowest BCUT2D eigenvalue weighted by Gasteiger charge is -2.21. The SMILES string of the molecule is CCCCC1CC[SiH2]OC1.N. The molecule has 1 unspecified atom stereocenters. The minimum absolute atomic E-state index is 0. The van der Waals surface area contributed by atoms with Crippen molar-refractivity contribution in [2.45, 2.75) is 38.7 Å². The second-order valence-electron chi connectivity index (χ2n) is 3.23. The smallest absolute Gasteiger partial charge is 0.161 e. The fourth-order valence-electron chi connectivity index (χ4n) is 1.53. The summed E-state index contributed by atoms with van der Waals surface area (Å²) >= 11 is 0. The summed E-state index contributed by atoms with van der Waals surface area (Å²) in [5.41, 5.74) is 0. The maximum Gasteiger partial charge on any atom is 0.161 e. The van der Waals surface area contributed by atoms with Gasteiger partial charge in [0.1, 0.15) is 0 Å². The average Bonchev–Trinajstić information content (AvgIpc) is 2.03. The van der Waals surface area contributed by atoms with E-state index in [9.17, 15) is 0 Å². The lowest BCUT2D eigenvalue weighted by molar-refractivity contribution is 0.219. The van der Waals surface area contributed by atoms with Crippen molar-refractivity contribution in [2.24, 2.45) is 5.92 Å². The van der Waals surface area contributed by atoms with Gasteiger partial charge in [-0.15, -0.1) is 0 Å². The van der Waals surface area contributed by atoms with Crippen molar-refractivity contribution in [3.8, 4) is 0 Å². The molecule has 3 N–H and O–H groups in total. The highest BCUT2D eigenvalue weighted by atomic mass is 28.2. The molecule has 0 aromatic rings. The summed E-state index contributed by atoms with van der Waals surface area (Å²) < 4.78 is 5.52. The summed E-state index contributed by atoms with van der Waals surface area (Å²) in [4.78, 5) is 0. The van der Waals surface area contributed by atoms with Crippen molar-refractivity contribution in [3.05, 3.63) is 0 Å². The van der Waals surface area contributed by atoms with Crippen molar-refractivity contribution in [3.63, 3.8) is 0 Å². The van der Waals surface area contributed by atoms with Crippen LogP contribution in [0.25, 0.3) is 0 Å². The molecule has 0 bridgehead atoms. The van der Waals surface area contributed by atoms with Gasteiger partial charge >= 0.3 is 0 Å². The predicted molar refractivity (Wildman–Crippen MR) is 52.0 cm³/mol. The molecular weight excluding hydrogens is 154 g/mol. The van der Waals surface area contributed by atoms with Crippen molar-refractivity contribution in [2.75, 3.05) is 6.61 Å². The van der Waals surface area contributed by atoms with Crippen molar-refractivity contribution in [1.82, 2.24) is 6.15 Å². The van der Waals surface area contributed by atoms with Gasteiger partial charge in [0.2, 0.25) is 0 Å². The van der Waals surface area contributed by atoms with E-state index >= 15 is 0 Å². The number of rotatable bonds is 3. The van der Waals surface area contributed by atoms with Gasteiger partial charge in [-0.25, -0.2) is 0 Å². The van der Waals surface area contributed by atoms with Crippen LogP contribution in [0.3, 0.4) is 0 Å². The van der Waals surface area contributed by atoms with Gasteiger partial charge in [-0.05, 0) is 24.8 Å². The molecule has 1 atom stereocenters. The molecule has 0 aliphatic carbocycles. The standard InChI is InChI=1S/C8H18OSi.H3N/c1-2-3-4-8-5-6-10-9-7-8;/h8H,2-7,10H2,1H3;1H3. The number of hydrogen-bond acceptors (Lipinski definition) is 2. The fourth-order valence-corrected chi connectivity index (χ4v) is 2.98. The van der Waals surface area contributed by atoms with Crippen LogP contribution in [0.2, 0.25) is 6.04 Å². The Morgan fingerprint density at radius 1 is 1.55 bits per heavy atom. The molecular formula is C8H21NOSi. The molecule has 1 heterocycles. The molecule has 1 saturated heterocycles. The molecule has 68 valence electrons. The van der Waals surface area contributed by atoms with Crippen LogP contribution in [0.15, 0.2) is 0 Å². The molecule has 1 rings (SSSR count). The predicted octanol–water partition coefficient (Wildman–Crippen LogP) is 1.88. The molecule has 0 radical (unpaired) electrons. The first-order chi connectivity index (χ1) is 4.93. The van der Waals surface area contributed by atoms with Gasteiger partial charge in [0, 0.05) is 6.61 Å². The quantitative estimate of drug-likeness (QED) is 0.666. The maximum absolute atomic E-state index is 5.52. The average molecular weight is 175 g/mol. The first-order valence-electron chi connectivity index (χ1n) is 4.51. The van der Waals surface area contributed by atoms with E-state index in [1.807, 2.05) is 0 Å². The van der Waals surface area contributed by atoms with E-state index in [0.29, 0.717) is 0 Å². The van der Waals surface area contributed by atoms with Crippen LogP contribution < -0.4 is 6.15 Å². The summed E-state index contributed by atoms with van der Waals surface area (Å²) in [6.45, 7) is 3.35. The molecule has 11 heavy (non-hydrogen) atoms. The number of unbranched alkanes of at least 4 members (excludes halogenated alkanes) is 1. The van der Waals surface area contributed by atoms with Crippen molar-refractivity contribution in [1.29, 1.82) is 0 Å².